The number of fused-ring (bicyclic) bond motifs is 1. The van der Waals surface area contributed by atoms with Gasteiger partial charge in [0.25, 0.3) is 0 Å². The SMILES string of the molecule is COc1cccc(/C=C/C(=O)NC(CCSC)c2nnc3ccccn23)c1. The minimum Gasteiger partial charge on any atom is -0.497 e. The Morgan fingerprint density at radius 2 is 2.19 bits per heavy atom. The average Bonchev–Trinajstić information content (AvgIpc) is 3.14. The van der Waals surface area contributed by atoms with E-state index in [0.29, 0.717) is 0 Å². The maximum Gasteiger partial charge on any atom is 0.244 e. The lowest BCUT2D eigenvalue weighted by Gasteiger charge is -2.16. The van der Waals surface area contributed by atoms with E-state index in [0.717, 1.165) is 35.0 Å². The second-order valence-electron chi connectivity index (χ2n) is 5.94. The van der Waals surface area contributed by atoms with Crippen LogP contribution in [0, 0.1) is 0 Å². The first-order valence-electron chi connectivity index (χ1n) is 8.62. The maximum atomic E-state index is 12.5. The molecular formula is C20H22N4O2S. The third kappa shape index (κ3) is 4.89. The maximum absolute atomic E-state index is 12.5. The first-order valence-corrected chi connectivity index (χ1v) is 10.0. The van der Waals surface area contributed by atoms with Crippen molar-refractivity contribution in [1.82, 2.24) is 19.9 Å². The van der Waals surface area contributed by atoms with Crippen LogP contribution in [0.25, 0.3) is 11.7 Å². The predicted octanol–water partition coefficient (Wildman–Crippen LogP) is 3.36. The van der Waals surface area contributed by atoms with Crippen LogP contribution in [-0.2, 0) is 4.79 Å². The Bertz CT molecular complexity index is 938. The van der Waals surface area contributed by atoms with Gasteiger partial charge in [0.1, 0.15) is 5.75 Å². The molecule has 27 heavy (non-hydrogen) atoms. The fourth-order valence-corrected chi connectivity index (χ4v) is 3.21. The minimum absolute atomic E-state index is 0.170. The number of nitrogens with zero attached hydrogens (tertiary/aromatic N) is 3. The summed E-state index contributed by atoms with van der Waals surface area (Å²) in [5, 5.41) is 11.5. The Kier molecular flexibility index (Phi) is 6.49. The van der Waals surface area contributed by atoms with Crippen LogP contribution in [0.1, 0.15) is 23.9 Å². The highest BCUT2D eigenvalue weighted by Gasteiger charge is 2.19. The molecule has 1 atom stereocenters. The van der Waals surface area contributed by atoms with Crippen LogP contribution in [0.15, 0.2) is 54.7 Å². The standard InChI is InChI=1S/C20H22N4O2S/c1-26-16-7-5-6-15(14-16)9-10-19(25)21-17(11-13-27-2)20-23-22-18-8-3-4-12-24(18)20/h3-10,12,14,17H,11,13H2,1-2H3,(H,21,25)/b10-9+. The summed E-state index contributed by atoms with van der Waals surface area (Å²) in [6.07, 6.45) is 8.03. The molecule has 1 N–H and O–H groups in total. The van der Waals surface area contributed by atoms with Crippen molar-refractivity contribution in [2.45, 2.75) is 12.5 Å². The highest BCUT2D eigenvalue weighted by molar-refractivity contribution is 7.98. The quantitative estimate of drug-likeness (QED) is 0.605. The second-order valence-corrected chi connectivity index (χ2v) is 6.93. The van der Waals surface area contributed by atoms with Gasteiger partial charge in [0.15, 0.2) is 11.5 Å². The number of rotatable bonds is 8. The Morgan fingerprint density at radius 1 is 1.30 bits per heavy atom. The number of benzene rings is 1. The van der Waals surface area contributed by atoms with Gasteiger partial charge >= 0.3 is 0 Å². The number of hydrogen-bond acceptors (Lipinski definition) is 5. The van der Waals surface area contributed by atoms with Gasteiger partial charge in [0.05, 0.1) is 13.2 Å². The summed E-state index contributed by atoms with van der Waals surface area (Å²) in [6.45, 7) is 0. The molecule has 0 radical (unpaired) electrons. The fraction of sp³-hybridized carbons (Fsp3) is 0.250. The topological polar surface area (TPSA) is 68.5 Å². The van der Waals surface area contributed by atoms with E-state index in [9.17, 15) is 4.79 Å². The van der Waals surface area contributed by atoms with Gasteiger partial charge in [-0.3, -0.25) is 9.20 Å². The zero-order chi connectivity index (χ0) is 19.1. The molecule has 2 heterocycles. The van der Waals surface area contributed by atoms with Crippen molar-refractivity contribution in [2.75, 3.05) is 19.1 Å². The number of nitrogens with one attached hydrogen (secondary N) is 1. The van der Waals surface area contributed by atoms with Crippen LogP contribution in [0.4, 0.5) is 0 Å². The summed E-state index contributed by atoms with van der Waals surface area (Å²) in [4.78, 5) is 12.5. The molecule has 1 aromatic carbocycles. The molecule has 7 heteroatoms. The second kappa shape index (κ2) is 9.23. The zero-order valence-corrected chi connectivity index (χ0v) is 16.1. The molecule has 0 fully saturated rings. The van der Waals surface area contributed by atoms with Crippen LogP contribution in [0.5, 0.6) is 5.75 Å². The number of carbonyl (C=O) groups excluding carboxylic acids is 1. The molecule has 6 nitrogen and oxygen atoms in total. The number of thioether (sulfide) groups is 1. The molecule has 0 saturated carbocycles. The lowest BCUT2D eigenvalue weighted by atomic mass is 10.2. The molecule has 0 saturated heterocycles. The van der Waals surface area contributed by atoms with Gasteiger partial charge in [-0.15, -0.1) is 10.2 Å². The van der Waals surface area contributed by atoms with Crippen molar-refractivity contribution in [3.63, 3.8) is 0 Å². The summed E-state index contributed by atoms with van der Waals surface area (Å²) in [6, 6.07) is 13.1. The number of amides is 1. The molecule has 2 aromatic heterocycles. The van der Waals surface area contributed by atoms with E-state index in [2.05, 4.69) is 15.5 Å². The summed E-state index contributed by atoms with van der Waals surface area (Å²) in [5.74, 6) is 2.23. The van der Waals surface area contributed by atoms with Crippen molar-refractivity contribution in [3.8, 4) is 5.75 Å². The molecule has 0 aliphatic rings. The van der Waals surface area contributed by atoms with Crippen LogP contribution < -0.4 is 10.1 Å². The minimum atomic E-state index is -0.211. The third-order valence-electron chi connectivity index (χ3n) is 4.10. The molecule has 140 valence electrons. The molecule has 1 unspecified atom stereocenters. The van der Waals surface area contributed by atoms with E-state index in [-0.39, 0.29) is 11.9 Å². The average molecular weight is 382 g/mol. The molecule has 1 amide bonds. The zero-order valence-electron chi connectivity index (χ0n) is 15.3. The number of carbonyl (C=O) groups is 1. The summed E-state index contributed by atoms with van der Waals surface area (Å²) in [7, 11) is 1.62. The van der Waals surface area contributed by atoms with Crippen molar-refractivity contribution in [1.29, 1.82) is 0 Å². The molecule has 0 aliphatic carbocycles. The third-order valence-corrected chi connectivity index (χ3v) is 4.74. The molecular weight excluding hydrogens is 360 g/mol. The summed E-state index contributed by atoms with van der Waals surface area (Å²) in [5.41, 5.74) is 1.67. The number of pyridine rings is 1. The van der Waals surface area contributed by atoms with E-state index in [1.54, 1.807) is 24.9 Å². The van der Waals surface area contributed by atoms with Crippen molar-refractivity contribution < 1.29 is 9.53 Å². The van der Waals surface area contributed by atoms with E-state index >= 15 is 0 Å². The van der Waals surface area contributed by atoms with E-state index in [4.69, 9.17) is 4.74 Å². The van der Waals surface area contributed by atoms with Gasteiger partial charge < -0.3 is 10.1 Å². The van der Waals surface area contributed by atoms with Crippen LogP contribution in [0.2, 0.25) is 0 Å². The lowest BCUT2D eigenvalue weighted by Crippen LogP contribution is -2.29. The van der Waals surface area contributed by atoms with Gasteiger partial charge in [0, 0.05) is 12.3 Å². The Hall–Kier alpha value is -2.80. The summed E-state index contributed by atoms with van der Waals surface area (Å²) >= 11 is 1.73. The van der Waals surface area contributed by atoms with E-state index < -0.39 is 0 Å². The Balaban J connectivity index is 1.75. The lowest BCUT2D eigenvalue weighted by molar-refractivity contribution is -0.117. The first kappa shape index (κ1) is 19.0. The monoisotopic (exact) mass is 382 g/mol. The first-order chi connectivity index (χ1) is 13.2. The fourth-order valence-electron chi connectivity index (χ4n) is 2.74. The molecule has 3 rings (SSSR count). The van der Waals surface area contributed by atoms with Crippen molar-refractivity contribution >= 4 is 29.4 Å². The van der Waals surface area contributed by atoms with Gasteiger partial charge in [-0.1, -0.05) is 18.2 Å². The predicted molar refractivity (Wildman–Crippen MR) is 109 cm³/mol. The number of ether oxygens (including phenoxy) is 1. The molecule has 0 bridgehead atoms. The van der Waals surface area contributed by atoms with Gasteiger partial charge in [0.2, 0.25) is 5.91 Å². The van der Waals surface area contributed by atoms with Gasteiger partial charge in [-0.05, 0) is 54.3 Å². The van der Waals surface area contributed by atoms with Crippen molar-refractivity contribution in [3.05, 3.63) is 66.1 Å². The Labute approximate surface area is 162 Å². The van der Waals surface area contributed by atoms with Crippen LogP contribution >= 0.6 is 11.8 Å². The molecule has 3 aromatic rings. The van der Waals surface area contributed by atoms with E-state index in [1.165, 1.54) is 6.08 Å². The Morgan fingerprint density at radius 3 is 3.00 bits per heavy atom. The highest BCUT2D eigenvalue weighted by atomic mass is 32.2. The smallest absolute Gasteiger partial charge is 0.244 e. The number of hydrogen-bond donors (Lipinski definition) is 1. The van der Waals surface area contributed by atoms with Gasteiger partial charge in [-0.25, -0.2) is 0 Å². The normalized spacial score (nSPS) is 12.4. The molecule has 0 aliphatic heterocycles. The highest BCUT2D eigenvalue weighted by Crippen LogP contribution is 2.18. The number of methoxy groups -OCH3 is 1. The largest absolute Gasteiger partial charge is 0.497 e. The van der Waals surface area contributed by atoms with Crippen LogP contribution in [0.3, 0.4) is 0 Å². The molecule has 0 spiro atoms. The van der Waals surface area contributed by atoms with Crippen molar-refractivity contribution in [2.24, 2.45) is 0 Å². The van der Waals surface area contributed by atoms with E-state index in [1.807, 2.05) is 59.3 Å². The number of aromatic nitrogens is 3. The van der Waals surface area contributed by atoms with Crippen LogP contribution in [-0.4, -0.2) is 39.6 Å². The summed E-state index contributed by atoms with van der Waals surface area (Å²) < 4.78 is 7.12. The van der Waals surface area contributed by atoms with Gasteiger partial charge in [-0.2, -0.15) is 11.8 Å².